The van der Waals surface area contributed by atoms with Gasteiger partial charge in [0.2, 0.25) is 0 Å². The molecule has 0 amide bonds. The molecule has 0 bridgehead atoms. The minimum absolute atomic E-state index is 0.0542. The van der Waals surface area contributed by atoms with Gasteiger partial charge < -0.3 is 0 Å². The van der Waals surface area contributed by atoms with Crippen LogP contribution in [0.4, 0.5) is 0 Å². The van der Waals surface area contributed by atoms with Crippen molar-refractivity contribution in [3.8, 4) is 33.2 Å². The monoisotopic (exact) mass is 621 g/mol. The van der Waals surface area contributed by atoms with Crippen molar-refractivity contribution in [1.82, 2.24) is 15.0 Å². The second-order valence-electron chi connectivity index (χ2n) is 12.2. The molecule has 5 aromatic carbocycles. The van der Waals surface area contributed by atoms with Crippen LogP contribution in [-0.2, 0) is 6.42 Å². The summed E-state index contributed by atoms with van der Waals surface area (Å²) in [5, 5.41) is 5.08. The molecule has 1 unspecified atom stereocenters. The van der Waals surface area contributed by atoms with E-state index >= 15 is 0 Å². The number of nitrogens with zero attached hydrogens (tertiary/aromatic N) is 3. The average Bonchev–Trinajstić information content (AvgIpc) is 3.59. The molecule has 2 heterocycles. The largest absolute Gasteiger partial charge is 0.212 e. The number of rotatable bonds is 5. The van der Waals surface area contributed by atoms with Crippen LogP contribution in [0.2, 0.25) is 0 Å². The molecule has 0 saturated carbocycles. The zero-order valence-corrected chi connectivity index (χ0v) is 26.6. The standard InChI is InChI=1S/C43H31N3S/c1-3-13-28(14-4-1)39-33-18-8-10-20-35(33)40(36-21-11-9-19-34(36)39)29-23-25-31(26-24-29)42-44-41(30-15-5-2-6-16-30)45-43(46-42)38-27-32-17-7-12-22-37(32)47-38/h1-6,8-16,18-25,27,31H,7,17,26H2. The maximum absolute atomic E-state index is 5.12. The van der Waals surface area contributed by atoms with Crippen LogP contribution >= 0.6 is 11.3 Å². The zero-order valence-electron chi connectivity index (χ0n) is 25.8. The molecular formula is C43H31N3S. The number of fused-ring (bicyclic) bond motifs is 3. The van der Waals surface area contributed by atoms with E-state index in [1.807, 2.05) is 18.2 Å². The lowest BCUT2D eigenvalue weighted by molar-refractivity contribution is 0.766. The minimum atomic E-state index is 0.0542. The maximum atomic E-state index is 5.12. The average molecular weight is 622 g/mol. The fourth-order valence-electron chi connectivity index (χ4n) is 7.06. The van der Waals surface area contributed by atoms with E-state index in [1.54, 1.807) is 11.3 Å². The second-order valence-corrected chi connectivity index (χ2v) is 13.3. The van der Waals surface area contributed by atoms with Crippen LogP contribution in [0.5, 0.6) is 0 Å². The van der Waals surface area contributed by atoms with Crippen LogP contribution in [0.1, 0.15) is 40.6 Å². The van der Waals surface area contributed by atoms with Crippen molar-refractivity contribution >= 4 is 44.5 Å². The first-order chi connectivity index (χ1) is 23.3. The summed E-state index contributed by atoms with van der Waals surface area (Å²) in [5.74, 6) is 2.36. The van der Waals surface area contributed by atoms with Gasteiger partial charge in [0.15, 0.2) is 11.6 Å². The van der Waals surface area contributed by atoms with E-state index in [1.165, 1.54) is 54.2 Å². The van der Waals surface area contributed by atoms with Gasteiger partial charge in [0.05, 0.1) is 4.88 Å². The molecule has 7 aromatic rings. The molecule has 47 heavy (non-hydrogen) atoms. The van der Waals surface area contributed by atoms with Crippen LogP contribution in [0, 0.1) is 0 Å². The van der Waals surface area contributed by atoms with Gasteiger partial charge in [-0.2, -0.15) is 0 Å². The van der Waals surface area contributed by atoms with Gasteiger partial charge in [-0.15, -0.1) is 11.3 Å². The number of benzene rings is 5. The molecule has 9 rings (SSSR count). The first-order valence-corrected chi connectivity index (χ1v) is 17.1. The summed E-state index contributed by atoms with van der Waals surface area (Å²) in [5.41, 5.74) is 7.44. The van der Waals surface area contributed by atoms with E-state index in [2.05, 4.69) is 127 Å². The van der Waals surface area contributed by atoms with Crippen LogP contribution in [0.15, 0.2) is 140 Å². The van der Waals surface area contributed by atoms with Crippen molar-refractivity contribution < 1.29 is 0 Å². The Morgan fingerprint density at radius 3 is 1.85 bits per heavy atom. The Kier molecular flexibility index (Phi) is 6.94. The summed E-state index contributed by atoms with van der Waals surface area (Å²) >= 11 is 1.78. The first-order valence-electron chi connectivity index (χ1n) is 16.3. The number of allylic oxidation sites excluding steroid dienone is 5. The Labute approximate surface area is 278 Å². The predicted octanol–water partition coefficient (Wildman–Crippen LogP) is 11.3. The van der Waals surface area contributed by atoms with E-state index in [0.29, 0.717) is 0 Å². The van der Waals surface area contributed by atoms with Crippen LogP contribution in [0.3, 0.4) is 0 Å². The summed E-state index contributed by atoms with van der Waals surface area (Å²) in [6.45, 7) is 0. The van der Waals surface area contributed by atoms with Crippen molar-refractivity contribution in [3.63, 3.8) is 0 Å². The van der Waals surface area contributed by atoms with E-state index < -0.39 is 0 Å². The molecule has 0 radical (unpaired) electrons. The third-order valence-electron chi connectivity index (χ3n) is 9.31. The van der Waals surface area contributed by atoms with Crippen molar-refractivity contribution in [1.29, 1.82) is 0 Å². The Balaban J connectivity index is 1.14. The molecule has 224 valence electrons. The zero-order chi connectivity index (χ0) is 31.2. The molecule has 0 saturated heterocycles. The van der Waals surface area contributed by atoms with E-state index in [0.717, 1.165) is 47.2 Å². The number of thiophene rings is 1. The summed E-state index contributed by atoms with van der Waals surface area (Å²) in [6, 6.07) is 41.0. The van der Waals surface area contributed by atoms with Crippen molar-refractivity contribution in [3.05, 3.63) is 161 Å². The predicted molar refractivity (Wildman–Crippen MR) is 197 cm³/mol. The molecule has 1 atom stereocenters. The molecule has 2 aliphatic carbocycles. The van der Waals surface area contributed by atoms with Gasteiger partial charge in [-0.05, 0) is 80.8 Å². The highest BCUT2D eigenvalue weighted by Crippen LogP contribution is 2.43. The van der Waals surface area contributed by atoms with Crippen LogP contribution in [0.25, 0.3) is 66.4 Å². The van der Waals surface area contributed by atoms with Crippen molar-refractivity contribution in [2.24, 2.45) is 0 Å². The van der Waals surface area contributed by atoms with Gasteiger partial charge in [0, 0.05) is 16.4 Å². The Hall–Kier alpha value is -5.45. The number of aromatic nitrogens is 3. The van der Waals surface area contributed by atoms with E-state index in [-0.39, 0.29) is 5.92 Å². The topological polar surface area (TPSA) is 38.7 Å². The fourth-order valence-corrected chi connectivity index (χ4v) is 8.13. The van der Waals surface area contributed by atoms with Crippen molar-refractivity contribution in [2.45, 2.75) is 25.2 Å². The highest BCUT2D eigenvalue weighted by atomic mass is 32.1. The van der Waals surface area contributed by atoms with E-state index in [9.17, 15) is 0 Å². The quantitative estimate of drug-likeness (QED) is 0.180. The van der Waals surface area contributed by atoms with Gasteiger partial charge in [-0.1, -0.05) is 133 Å². The third kappa shape index (κ3) is 5.02. The molecule has 3 nitrogen and oxygen atoms in total. The maximum Gasteiger partial charge on any atom is 0.173 e. The normalized spacial score (nSPS) is 15.6. The molecular weight excluding hydrogens is 591 g/mol. The molecule has 0 spiro atoms. The molecule has 2 aromatic heterocycles. The van der Waals surface area contributed by atoms with Gasteiger partial charge in [0.25, 0.3) is 0 Å². The lowest BCUT2D eigenvalue weighted by Gasteiger charge is -2.21. The molecule has 0 aliphatic heterocycles. The first kappa shape index (κ1) is 27.8. The van der Waals surface area contributed by atoms with Gasteiger partial charge in [-0.3, -0.25) is 0 Å². The fraction of sp³-hybridized carbons (Fsp3) is 0.0930. The summed E-state index contributed by atoms with van der Waals surface area (Å²) in [4.78, 5) is 17.6. The molecule has 0 N–H and O–H groups in total. The Bertz CT molecular complexity index is 2330. The number of hydrogen-bond donors (Lipinski definition) is 0. The Morgan fingerprint density at radius 2 is 1.21 bits per heavy atom. The van der Waals surface area contributed by atoms with Crippen molar-refractivity contribution in [2.75, 3.05) is 0 Å². The molecule has 2 aliphatic rings. The van der Waals surface area contributed by atoms with Gasteiger partial charge in [-0.25, -0.2) is 15.0 Å². The number of aryl methyl sites for hydroxylation is 1. The number of hydrogen-bond acceptors (Lipinski definition) is 4. The highest BCUT2D eigenvalue weighted by molar-refractivity contribution is 7.16. The summed E-state index contributed by atoms with van der Waals surface area (Å²) < 4.78 is 0. The molecule has 4 heteroatoms. The lowest BCUT2D eigenvalue weighted by atomic mass is 9.83. The molecule has 0 fully saturated rings. The summed E-state index contributed by atoms with van der Waals surface area (Å²) in [6.07, 6.45) is 14.4. The highest BCUT2D eigenvalue weighted by Gasteiger charge is 2.23. The van der Waals surface area contributed by atoms with Crippen LogP contribution < -0.4 is 0 Å². The third-order valence-corrected chi connectivity index (χ3v) is 10.4. The summed E-state index contributed by atoms with van der Waals surface area (Å²) in [7, 11) is 0. The lowest BCUT2D eigenvalue weighted by Crippen LogP contribution is -2.08. The van der Waals surface area contributed by atoms with E-state index in [4.69, 9.17) is 15.0 Å². The van der Waals surface area contributed by atoms with Gasteiger partial charge in [0.1, 0.15) is 5.82 Å². The van der Waals surface area contributed by atoms with Gasteiger partial charge >= 0.3 is 0 Å². The van der Waals surface area contributed by atoms with Crippen LogP contribution in [-0.4, -0.2) is 15.0 Å². The SMILES string of the molecule is C1=Cc2sc(-c3nc(-c4ccccc4)nc(C4C=CC(c5c6ccccc6c(-c6ccccc6)c6ccccc56)=CC4)n3)cc2CC1. The smallest absolute Gasteiger partial charge is 0.173 e. The Morgan fingerprint density at radius 1 is 0.596 bits per heavy atom. The minimum Gasteiger partial charge on any atom is -0.212 e. The second kappa shape index (κ2) is 11.7.